The highest BCUT2D eigenvalue weighted by atomic mass is 32.2. The van der Waals surface area contributed by atoms with Gasteiger partial charge in [0.2, 0.25) is 0 Å². The van der Waals surface area contributed by atoms with Gasteiger partial charge >= 0.3 is 0 Å². The molecule has 1 saturated heterocycles. The third-order valence-electron chi connectivity index (χ3n) is 3.66. The molecule has 21 heavy (non-hydrogen) atoms. The fourth-order valence-corrected chi connectivity index (χ4v) is 3.71. The van der Waals surface area contributed by atoms with E-state index in [-0.39, 0.29) is 5.03 Å². The monoisotopic (exact) mass is 312 g/mol. The summed E-state index contributed by atoms with van der Waals surface area (Å²) in [6.07, 6.45) is 2.49. The van der Waals surface area contributed by atoms with Gasteiger partial charge in [-0.25, -0.2) is 13.4 Å². The molecule has 118 valence electrons. The predicted octanol–water partition coefficient (Wildman–Crippen LogP) is 0.517. The van der Waals surface area contributed by atoms with Crippen molar-refractivity contribution < 1.29 is 8.42 Å². The van der Waals surface area contributed by atoms with E-state index in [9.17, 15) is 8.42 Å². The standard InChI is InChI=1S/C14H24N4O2S/c1-3-15-11-13-5-6-14(16-12-13)21(19,20)18-8-4-7-17(2)9-10-18/h5-6,12,15H,3-4,7-11H2,1-2H3. The summed E-state index contributed by atoms with van der Waals surface area (Å²) in [5.74, 6) is 0. The van der Waals surface area contributed by atoms with Gasteiger partial charge in [-0.05, 0) is 38.2 Å². The third kappa shape index (κ3) is 4.23. The molecule has 1 aromatic rings. The number of hydrogen-bond donors (Lipinski definition) is 1. The summed E-state index contributed by atoms with van der Waals surface area (Å²) in [6, 6.07) is 3.43. The second-order valence-electron chi connectivity index (χ2n) is 5.35. The van der Waals surface area contributed by atoms with E-state index in [4.69, 9.17) is 0 Å². The molecule has 2 heterocycles. The molecule has 1 aliphatic rings. The van der Waals surface area contributed by atoms with Crippen LogP contribution in [0.15, 0.2) is 23.4 Å². The van der Waals surface area contributed by atoms with Crippen LogP contribution in [0.5, 0.6) is 0 Å². The molecule has 2 rings (SSSR count). The van der Waals surface area contributed by atoms with Crippen molar-refractivity contribution in [2.75, 3.05) is 39.8 Å². The van der Waals surface area contributed by atoms with Crippen LogP contribution in [0.25, 0.3) is 0 Å². The number of nitrogens with zero attached hydrogens (tertiary/aromatic N) is 3. The van der Waals surface area contributed by atoms with Crippen molar-refractivity contribution in [3.05, 3.63) is 23.9 Å². The summed E-state index contributed by atoms with van der Waals surface area (Å²) < 4.78 is 26.7. The number of aromatic nitrogens is 1. The maximum Gasteiger partial charge on any atom is 0.260 e. The van der Waals surface area contributed by atoms with Crippen molar-refractivity contribution in [3.63, 3.8) is 0 Å². The van der Waals surface area contributed by atoms with Gasteiger partial charge in [-0.3, -0.25) is 0 Å². The van der Waals surface area contributed by atoms with E-state index in [2.05, 4.69) is 15.2 Å². The van der Waals surface area contributed by atoms with Gasteiger partial charge in [0, 0.05) is 32.4 Å². The molecular formula is C14H24N4O2S. The van der Waals surface area contributed by atoms with E-state index >= 15 is 0 Å². The van der Waals surface area contributed by atoms with Crippen LogP contribution in [0.2, 0.25) is 0 Å². The molecule has 0 radical (unpaired) electrons. The number of nitrogens with one attached hydrogen (secondary N) is 1. The molecule has 1 fully saturated rings. The van der Waals surface area contributed by atoms with Crippen LogP contribution in [0.4, 0.5) is 0 Å². The molecule has 0 aromatic carbocycles. The lowest BCUT2D eigenvalue weighted by molar-refractivity contribution is 0.347. The van der Waals surface area contributed by atoms with Crippen molar-refractivity contribution in [2.24, 2.45) is 0 Å². The molecule has 0 saturated carbocycles. The maximum atomic E-state index is 12.6. The lowest BCUT2D eigenvalue weighted by atomic mass is 10.3. The Hall–Kier alpha value is -1.02. The van der Waals surface area contributed by atoms with E-state index in [1.54, 1.807) is 16.6 Å². The minimum Gasteiger partial charge on any atom is -0.313 e. The zero-order valence-electron chi connectivity index (χ0n) is 12.7. The number of pyridine rings is 1. The van der Waals surface area contributed by atoms with Crippen molar-refractivity contribution in [2.45, 2.75) is 24.9 Å². The first kappa shape index (κ1) is 16.4. The van der Waals surface area contributed by atoms with E-state index in [1.807, 2.05) is 20.0 Å². The first-order chi connectivity index (χ1) is 10.0. The Kier molecular flexibility index (Phi) is 5.69. The Labute approximate surface area is 127 Å². The first-order valence-corrected chi connectivity index (χ1v) is 8.82. The van der Waals surface area contributed by atoms with Crippen LogP contribution >= 0.6 is 0 Å². The average molecular weight is 312 g/mol. The molecule has 6 nitrogen and oxygen atoms in total. The van der Waals surface area contributed by atoms with Gasteiger partial charge < -0.3 is 10.2 Å². The molecule has 0 spiro atoms. The Morgan fingerprint density at radius 1 is 1.24 bits per heavy atom. The minimum atomic E-state index is -3.47. The van der Waals surface area contributed by atoms with Gasteiger partial charge in [-0.2, -0.15) is 4.31 Å². The second-order valence-corrected chi connectivity index (χ2v) is 7.23. The molecule has 0 atom stereocenters. The van der Waals surface area contributed by atoms with Gasteiger partial charge in [0.25, 0.3) is 10.0 Å². The summed E-state index contributed by atoms with van der Waals surface area (Å²) in [5, 5.41) is 3.34. The second kappa shape index (κ2) is 7.31. The van der Waals surface area contributed by atoms with Crippen molar-refractivity contribution in [3.8, 4) is 0 Å². The summed E-state index contributed by atoms with van der Waals surface area (Å²) in [6.45, 7) is 6.40. The molecule has 1 N–H and O–H groups in total. The van der Waals surface area contributed by atoms with Crippen molar-refractivity contribution in [1.29, 1.82) is 0 Å². The lowest BCUT2D eigenvalue weighted by Crippen LogP contribution is -2.35. The maximum absolute atomic E-state index is 12.6. The Bertz CT molecular complexity index is 545. The van der Waals surface area contributed by atoms with Crippen LogP contribution in [0, 0.1) is 0 Å². The Balaban J connectivity index is 2.11. The highest BCUT2D eigenvalue weighted by Crippen LogP contribution is 2.15. The molecule has 0 aliphatic carbocycles. The van der Waals surface area contributed by atoms with Crippen molar-refractivity contribution >= 4 is 10.0 Å². The van der Waals surface area contributed by atoms with Crippen LogP contribution in [0.1, 0.15) is 18.9 Å². The van der Waals surface area contributed by atoms with Crippen LogP contribution in [0.3, 0.4) is 0 Å². The largest absolute Gasteiger partial charge is 0.313 e. The fourth-order valence-electron chi connectivity index (χ4n) is 2.33. The number of likely N-dealkylation sites (N-methyl/N-ethyl adjacent to an activating group) is 1. The van der Waals surface area contributed by atoms with Gasteiger partial charge in [-0.1, -0.05) is 13.0 Å². The zero-order chi connectivity index (χ0) is 15.3. The normalized spacial score (nSPS) is 18.6. The molecule has 1 aliphatic heterocycles. The summed E-state index contributed by atoms with van der Waals surface area (Å²) >= 11 is 0. The highest BCUT2D eigenvalue weighted by molar-refractivity contribution is 7.89. The quantitative estimate of drug-likeness (QED) is 0.858. The van der Waals surface area contributed by atoms with E-state index in [0.29, 0.717) is 19.6 Å². The molecule has 7 heteroatoms. The third-order valence-corrected chi connectivity index (χ3v) is 5.47. The molecule has 0 unspecified atom stereocenters. The average Bonchev–Trinajstić information content (AvgIpc) is 2.70. The first-order valence-electron chi connectivity index (χ1n) is 7.38. The Morgan fingerprint density at radius 2 is 2.05 bits per heavy atom. The number of hydrogen-bond acceptors (Lipinski definition) is 5. The number of rotatable bonds is 5. The van der Waals surface area contributed by atoms with Gasteiger partial charge in [0.05, 0.1) is 0 Å². The van der Waals surface area contributed by atoms with Crippen molar-refractivity contribution in [1.82, 2.24) is 19.5 Å². The Morgan fingerprint density at radius 3 is 2.71 bits per heavy atom. The van der Waals surface area contributed by atoms with Crippen LogP contribution < -0.4 is 5.32 Å². The fraction of sp³-hybridized carbons (Fsp3) is 0.643. The summed E-state index contributed by atoms with van der Waals surface area (Å²) in [5.41, 5.74) is 0.992. The smallest absolute Gasteiger partial charge is 0.260 e. The molecular weight excluding hydrogens is 288 g/mol. The number of sulfonamides is 1. The predicted molar refractivity (Wildman–Crippen MR) is 82.5 cm³/mol. The zero-order valence-corrected chi connectivity index (χ0v) is 13.6. The van der Waals surface area contributed by atoms with Gasteiger partial charge in [0.15, 0.2) is 5.03 Å². The molecule has 0 amide bonds. The topological polar surface area (TPSA) is 65.5 Å². The van der Waals surface area contributed by atoms with Gasteiger partial charge in [-0.15, -0.1) is 0 Å². The highest BCUT2D eigenvalue weighted by Gasteiger charge is 2.27. The van der Waals surface area contributed by atoms with Gasteiger partial charge in [0.1, 0.15) is 0 Å². The van der Waals surface area contributed by atoms with Crippen LogP contribution in [-0.2, 0) is 16.6 Å². The lowest BCUT2D eigenvalue weighted by Gasteiger charge is -2.19. The van der Waals surface area contributed by atoms with Crippen LogP contribution in [-0.4, -0.2) is 62.4 Å². The van der Waals surface area contributed by atoms with E-state index in [1.165, 1.54) is 0 Å². The van der Waals surface area contributed by atoms with E-state index < -0.39 is 10.0 Å². The molecule has 1 aromatic heterocycles. The SMILES string of the molecule is CCNCc1ccc(S(=O)(=O)N2CCCN(C)CC2)nc1. The minimum absolute atomic E-state index is 0.146. The summed E-state index contributed by atoms with van der Waals surface area (Å²) in [4.78, 5) is 6.30. The summed E-state index contributed by atoms with van der Waals surface area (Å²) in [7, 11) is -1.45. The van der Waals surface area contributed by atoms with E-state index in [0.717, 1.165) is 31.6 Å². The molecule has 0 bridgehead atoms.